The van der Waals surface area contributed by atoms with E-state index < -0.39 is 0 Å². The Balaban J connectivity index is 1.35. The van der Waals surface area contributed by atoms with E-state index in [2.05, 4.69) is 24.5 Å². The Kier molecular flexibility index (Phi) is 3.85. The monoisotopic (exact) mass is 317 g/mol. The van der Waals surface area contributed by atoms with Crippen molar-refractivity contribution in [3.05, 3.63) is 35.4 Å². The maximum absolute atomic E-state index is 6.22. The Labute approximate surface area is 133 Å². The van der Waals surface area contributed by atoms with Gasteiger partial charge in [0.05, 0.1) is 17.9 Å². The van der Waals surface area contributed by atoms with Crippen LogP contribution in [0.5, 0.6) is 0 Å². The molecule has 4 rings (SSSR count). The van der Waals surface area contributed by atoms with Crippen molar-refractivity contribution in [2.45, 2.75) is 37.3 Å². The van der Waals surface area contributed by atoms with Crippen molar-refractivity contribution >= 4 is 11.5 Å². The zero-order chi connectivity index (χ0) is 14.8. The molecule has 2 aromatic heterocycles. The van der Waals surface area contributed by atoms with Crippen LogP contribution in [0.4, 0.5) is 0 Å². The van der Waals surface area contributed by atoms with Gasteiger partial charge in [0.2, 0.25) is 0 Å². The van der Waals surface area contributed by atoms with Crippen LogP contribution in [-0.2, 0) is 11.3 Å². The second-order valence-corrected chi connectivity index (χ2v) is 6.85. The van der Waals surface area contributed by atoms with E-state index in [-0.39, 0.29) is 5.60 Å². The number of aromatic nitrogens is 4. The maximum Gasteiger partial charge on any atom is 0.115 e. The first-order valence-corrected chi connectivity index (χ1v) is 8.54. The molecule has 2 aromatic rings. The summed E-state index contributed by atoms with van der Waals surface area (Å²) < 4.78 is 10.2. The highest BCUT2D eigenvalue weighted by molar-refractivity contribution is 7.03. The third kappa shape index (κ3) is 2.88. The minimum Gasteiger partial charge on any atom is -0.374 e. The predicted octanol–water partition coefficient (Wildman–Crippen LogP) is 1.87. The molecular weight excluding hydrogens is 298 g/mol. The molecule has 0 amide bonds. The van der Waals surface area contributed by atoms with E-state index in [1.54, 1.807) is 6.33 Å². The first-order valence-electron chi connectivity index (χ1n) is 7.70. The predicted molar refractivity (Wildman–Crippen MR) is 82.5 cm³/mol. The lowest BCUT2D eigenvalue weighted by atomic mass is 9.84. The van der Waals surface area contributed by atoms with Crippen LogP contribution in [0.15, 0.2) is 24.1 Å². The summed E-state index contributed by atoms with van der Waals surface area (Å²) in [4.78, 5) is 10.7. The second-order valence-electron chi connectivity index (χ2n) is 6.24. The Bertz CT molecular complexity index is 598. The molecule has 2 fully saturated rings. The van der Waals surface area contributed by atoms with Gasteiger partial charge in [-0.15, -0.1) is 5.10 Å². The smallest absolute Gasteiger partial charge is 0.115 e. The first kappa shape index (κ1) is 14.2. The summed E-state index contributed by atoms with van der Waals surface area (Å²) in [5.41, 5.74) is 2.33. The number of hydrogen-bond donors (Lipinski definition) is 0. The fourth-order valence-electron chi connectivity index (χ4n) is 3.53. The van der Waals surface area contributed by atoms with Crippen molar-refractivity contribution in [1.29, 1.82) is 0 Å². The van der Waals surface area contributed by atoms with E-state index in [0.29, 0.717) is 5.92 Å². The zero-order valence-corrected chi connectivity index (χ0v) is 13.2. The SMILES string of the molecule is c1ncc([C@@H]2COC3(CCN(Cc4csnn4)CC3)C2)cn1. The molecule has 1 spiro atoms. The van der Waals surface area contributed by atoms with Gasteiger partial charge in [0.25, 0.3) is 0 Å². The maximum atomic E-state index is 6.22. The van der Waals surface area contributed by atoms with Gasteiger partial charge < -0.3 is 4.74 Å². The summed E-state index contributed by atoms with van der Waals surface area (Å²) in [7, 11) is 0. The molecule has 0 aliphatic carbocycles. The number of rotatable bonds is 3. The largest absolute Gasteiger partial charge is 0.374 e. The lowest BCUT2D eigenvalue weighted by Crippen LogP contribution is -2.43. The average molecular weight is 317 g/mol. The molecule has 4 heterocycles. The molecule has 0 bridgehead atoms. The molecule has 2 aliphatic rings. The summed E-state index contributed by atoms with van der Waals surface area (Å²) in [5, 5.41) is 6.16. The third-order valence-corrected chi connectivity index (χ3v) is 5.37. The molecule has 1 atom stereocenters. The van der Waals surface area contributed by atoms with Gasteiger partial charge in [-0.25, -0.2) is 9.97 Å². The highest BCUT2D eigenvalue weighted by atomic mass is 32.1. The summed E-state index contributed by atoms with van der Waals surface area (Å²) in [6.45, 7) is 3.83. The Morgan fingerprint density at radius 3 is 2.82 bits per heavy atom. The quantitative estimate of drug-likeness (QED) is 0.861. The van der Waals surface area contributed by atoms with Gasteiger partial charge in [-0.1, -0.05) is 4.49 Å². The molecule has 2 aliphatic heterocycles. The van der Waals surface area contributed by atoms with Gasteiger partial charge in [-0.3, -0.25) is 4.90 Å². The van der Waals surface area contributed by atoms with Gasteiger partial charge in [-0.05, 0) is 36.4 Å². The molecule has 0 aromatic carbocycles. The molecule has 2 saturated heterocycles. The Morgan fingerprint density at radius 1 is 1.27 bits per heavy atom. The van der Waals surface area contributed by atoms with Crippen LogP contribution < -0.4 is 0 Å². The van der Waals surface area contributed by atoms with E-state index in [1.807, 2.05) is 17.8 Å². The van der Waals surface area contributed by atoms with Gasteiger partial charge in [0.15, 0.2) is 0 Å². The standard InChI is InChI=1S/C15H19N5OS/c1-3-20(8-14-10-22-19-18-14)4-2-15(1)5-12(9-21-15)13-6-16-11-17-7-13/h6-7,10-12H,1-5,8-9H2/t12-/m0/s1. The number of nitrogens with zero attached hydrogens (tertiary/aromatic N) is 5. The number of piperidine rings is 1. The number of ether oxygens (including phenoxy) is 1. The molecular formula is C15H19N5OS. The summed E-state index contributed by atoms with van der Waals surface area (Å²) in [6, 6.07) is 0. The normalized spacial score (nSPS) is 24.8. The highest BCUT2D eigenvalue weighted by Gasteiger charge is 2.43. The van der Waals surface area contributed by atoms with Gasteiger partial charge in [0, 0.05) is 43.3 Å². The molecule has 6 nitrogen and oxygen atoms in total. The summed E-state index contributed by atoms with van der Waals surface area (Å²) >= 11 is 1.42. The number of hydrogen-bond acceptors (Lipinski definition) is 7. The van der Waals surface area contributed by atoms with Crippen LogP contribution in [0.3, 0.4) is 0 Å². The number of likely N-dealkylation sites (tertiary alicyclic amines) is 1. The molecule has 0 saturated carbocycles. The molecule has 0 unspecified atom stereocenters. The Morgan fingerprint density at radius 2 is 2.09 bits per heavy atom. The van der Waals surface area contributed by atoms with Crippen molar-refractivity contribution in [3.8, 4) is 0 Å². The van der Waals surface area contributed by atoms with Crippen molar-refractivity contribution in [2.75, 3.05) is 19.7 Å². The third-order valence-electron chi connectivity index (χ3n) is 4.82. The van der Waals surface area contributed by atoms with Crippen LogP contribution in [0.2, 0.25) is 0 Å². The summed E-state index contributed by atoms with van der Waals surface area (Å²) in [6.07, 6.45) is 8.70. The van der Waals surface area contributed by atoms with E-state index in [1.165, 1.54) is 17.1 Å². The lowest BCUT2D eigenvalue weighted by Gasteiger charge is -2.38. The minimum atomic E-state index is 0.0529. The average Bonchev–Trinajstić information content (AvgIpc) is 3.21. The van der Waals surface area contributed by atoms with Gasteiger partial charge >= 0.3 is 0 Å². The Hall–Kier alpha value is -1.44. The first-order chi connectivity index (χ1) is 10.8. The van der Waals surface area contributed by atoms with Crippen LogP contribution in [0.25, 0.3) is 0 Å². The molecule has 0 N–H and O–H groups in total. The van der Waals surface area contributed by atoms with Crippen molar-refractivity contribution < 1.29 is 4.74 Å². The zero-order valence-electron chi connectivity index (χ0n) is 12.4. The molecule has 116 valence electrons. The van der Waals surface area contributed by atoms with Crippen molar-refractivity contribution in [3.63, 3.8) is 0 Å². The van der Waals surface area contributed by atoms with Crippen LogP contribution in [-0.4, -0.2) is 49.8 Å². The van der Waals surface area contributed by atoms with E-state index in [0.717, 1.165) is 51.2 Å². The van der Waals surface area contributed by atoms with E-state index in [4.69, 9.17) is 4.74 Å². The van der Waals surface area contributed by atoms with E-state index >= 15 is 0 Å². The highest BCUT2D eigenvalue weighted by Crippen LogP contribution is 2.42. The summed E-state index contributed by atoms with van der Waals surface area (Å²) in [5.74, 6) is 0.440. The van der Waals surface area contributed by atoms with Crippen molar-refractivity contribution in [1.82, 2.24) is 24.5 Å². The molecule has 22 heavy (non-hydrogen) atoms. The van der Waals surface area contributed by atoms with E-state index in [9.17, 15) is 0 Å². The fraction of sp³-hybridized carbons (Fsp3) is 0.600. The second kappa shape index (κ2) is 5.98. The van der Waals surface area contributed by atoms with Crippen LogP contribution >= 0.6 is 11.5 Å². The lowest BCUT2D eigenvalue weighted by molar-refractivity contribution is -0.0450. The van der Waals surface area contributed by atoms with Gasteiger partial charge in [-0.2, -0.15) is 0 Å². The fourth-order valence-corrected chi connectivity index (χ4v) is 3.97. The van der Waals surface area contributed by atoms with Crippen LogP contribution in [0.1, 0.15) is 36.4 Å². The topological polar surface area (TPSA) is 64.0 Å². The van der Waals surface area contributed by atoms with Crippen molar-refractivity contribution in [2.24, 2.45) is 0 Å². The molecule has 0 radical (unpaired) electrons. The molecule has 7 heteroatoms. The van der Waals surface area contributed by atoms with Crippen LogP contribution in [0, 0.1) is 0 Å². The van der Waals surface area contributed by atoms with Gasteiger partial charge in [0.1, 0.15) is 6.33 Å². The minimum absolute atomic E-state index is 0.0529.